The highest BCUT2D eigenvalue weighted by atomic mass is 16.6. The zero-order valence-corrected chi connectivity index (χ0v) is 19.1. The van der Waals surface area contributed by atoms with Crippen molar-refractivity contribution in [1.29, 1.82) is 0 Å². The second-order valence-electron chi connectivity index (χ2n) is 7.96. The summed E-state index contributed by atoms with van der Waals surface area (Å²) < 4.78 is 17.2. The van der Waals surface area contributed by atoms with Crippen LogP contribution in [0.4, 0.5) is 5.69 Å². The van der Waals surface area contributed by atoms with E-state index in [-0.39, 0.29) is 24.0 Å². The van der Waals surface area contributed by atoms with Crippen molar-refractivity contribution < 1.29 is 23.9 Å². The average molecular weight is 424 g/mol. The highest BCUT2D eigenvalue weighted by Crippen LogP contribution is 2.39. The van der Waals surface area contributed by atoms with Gasteiger partial charge in [-0.25, -0.2) is 0 Å². The predicted molar refractivity (Wildman–Crippen MR) is 117 cm³/mol. The minimum absolute atomic E-state index is 0.133. The Hall–Kier alpha value is -2.31. The number of hydrogen-bond donors (Lipinski definition) is 0. The van der Waals surface area contributed by atoms with Gasteiger partial charge in [-0.05, 0) is 31.7 Å². The number of ether oxygens (including phenoxy) is 3. The third kappa shape index (κ3) is 9.01. The Balaban J connectivity index is 3.14. The zero-order chi connectivity index (χ0) is 22.5. The highest BCUT2D eigenvalue weighted by molar-refractivity contribution is 5.70. The van der Waals surface area contributed by atoms with Crippen LogP contribution in [0.5, 0.6) is 11.5 Å². The molecule has 0 aliphatic heterocycles. The second-order valence-corrected chi connectivity index (χ2v) is 7.96. The van der Waals surface area contributed by atoms with E-state index in [1.165, 1.54) is 6.07 Å². The number of benzene rings is 1. The lowest BCUT2D eigenvalue weighted by molar-refractivity contribution is -0.386. The Kier molecular flexibility index (Phi) is 11.9. The number of esters is 1. The summed E-state index contributed by atoms with van der Waals surface area (Å²) in [7, 11) is 0. The molecule has 30 heavy (non-hydrogen) atoms. The van der Waals surface area contributed by atoms with Gasteiger partial charge in [-0.3, -0.25) is 14.9 Å². The first-order valence-corrected chi connectivity index (χ1v) is 11.1. The maximum atomic E-state index is 12.1. The third-order valence-electron chi connectivity index (χ3n) is 4.62. The molecule has 0 spiro atoms. The van der Waals surface area contributed by atoms with Gasteiger partial charge in [0.25, 0.3) is 5.69 Å². The molecule has 0 saturated carbocycles. The Morgan fingerprint density at radius 1 is 0.967 bits per heavy atom. The summed E-state index contributed by atoms with van der Waals surface area (Å²) in [6.07, 6.45) is 5.44. The van der Waals surface area contributed by atoms with Gasteiger partial charge in [0, 0.05) is 6.42 Å². The molecule has 1 atom stereocenters. The van der Waals surface area contributed by atoms with E-state index in [0.717, 1.165) is 38.5 Å². The predicted octanol–water partition coefficient (Wildman–Crippen LogP) is 6.38. The smallest absolute Gasteiger partial charge is 0.306 e. The molecule has 0 saturated heterocycles. The van der Waals surface area contributed by atoms with Crippen molar-refractivity contribution in [3.8, 4) is 11.5 Å². The van der Waals surface area contributed by atoms with Gasteiger partial charge in [-0.15, -0.1) is 0 Å². The quantitative estimate of drug-likeness (QED) is 0.141. The van der Waals surface area contributed by atoms with Crippen LogP contribution in [0, 0.1) is 16.0 Å². The van der Waals surface area contributed by atoms with Crippen LogP contribution in [0.2, 0.25) is 0 Å². The van der Waals surface area contributed by atoms with Gasteiger partial charge in [-0.1, -0.05) is 53.4 Å². The van der Waals surface area contributed by atoms with Crippen molar-refractivity contribution in [2.24, 2.45) is 5.92 Å². The molecular weight excluding hydrogens is 386 g/mol. The van der Waals surface area contributed by atoms with Crippen LogP contribution in [0.3, 0.4) is 0 Å². The van der Waals surface area contributed by atoms with Gasteiger partial charge < -0.3 is 14.2 Å². The van der Waals surface area contributed by atoms with Gasteiger partial charge >= 0.3 is 5.97 Å². The van der Waals surface area contributed by atoms with Crippen LogP contribution < -0.4 is 9.47 Å². The van der Waals surface area contributed by atoms with Crippen molar-refractivity contribution in [1.82, 2.24) is 0 Å². The molecule has 0 aromatic heterocycles. The fourth-order valence-corrected chi connectivity index (χ4v) is 2.98. The third-order valence-corrected chi connectivity index (χ3v) is 4.62. The van der Waals surface area contributed by atoms with Gasteiger partial charge in [-0.2, -0.15) is 0 Å². The Labute approximate surface area is 180 Å². The summed E-state index contributed by atoms with van der Waals surface area (Å²) in [4.78, 5) is 23.3. The zero-order valence-electron chi connectivity index (χ0n) is 19.1. The number of nitrogens with zero attached hydrogens (tertiary/aromatic N) is 1. The summed E-state index contributed by atoms with van der Waals surface area (Å²) in [6, 6.07) is 2.98. The Morgan fingerprint density at radius 2 is 1.50 bits per heavy atom. The molecule has 0 bridgehead atoms. The lowest BCUT2D eigenvalue weighted by Crippen LogP contribution is -2.13. The van der Waals surface area contributed by atoms with Crippen molar-refractivity contribution in [2.45, 2.75) is 85.7 Å². The molecule has 1 aromatic carbocycles. The highest BCUT2D eigenvalue weighted by Gasteiger charge is 2.26. The first kappa shape index (κ1) is 25.7. The molecule has 7 nitrogen and oxygen atoms in total. The topological polar surface area (TPSA) is 87.9 Å². The minimum atomic E-state index is -0.760. The average Bonchev–Trinajstić information content (AvgIpc) is 2.67. The van der Waals surface area contributed by atoms with Crippen molar-refractivity contribution in [3.05, 3.63) is 27.8 Å². The maximum Gasteiger partial charge on any atom is 0.306 e. The Bertz CT molecular complexity index is 674. The van der Waals surface area contributed by atoms with Crippen LogP contribution in [-0.2, 0) is 9.53 Å². The van der Waals surface area contributed by atoms with Gasteiger partial charge in [0.15, 0.2) is 11.5 Å². The number of nitro groups is 1. The molecule has 0 N–H and O–H groups in total. The maximum absolute atomic E-state index is 12.1. The summed E-state index contributed by atoms with van der Waals surface area (Å²) in [6.45, 7) is 10.7. The normalized spacial score (nSPS) is 11.9. The molecule has 1 unspecified atom stereocenters. The molecule has 0 aliphatic carbocycles. The molecule has 0 fully saturated rings. The van der Waals surface area contributed by atoms with Crippen molar-refractivity contribution >= 4 is 11.7 Å². The number of nitro benzene ring substituents is 1. The van der Waals surface area contributed by atoms with E-state index in [0.29, 0.717) is 30.3 Å². The van der Waals surface area contributed by atoms with Crippen LogP contribution in [0.25, 0.3) is 0 Å². The SMILES string of the molecule is CCCCCOc1cc(C(C)OC(=O)CC(C)C)c([N+](=O)[O-])cc1OCCCCC. The minimum Gasteiger partial charge on any atom is -0.490 e. The van der Waals surface area contributed by atoms with E-state index in [1.54, 1.807) is 13.0 Å². The molecule has 0 radical (unpaired) electrons. The standard InChI is InChI=1S/C23H37NO6/c1-6-8-10-12-28-21-15-19(18(5)30-23(25)14-17(3)4)20(24(26)27)16-22(21)29-13-11-9-7-2/h15-18H,6-14H2,1-5H3. The van der Waals surface area contributed by atoms with Crippen LogP contribution in [0.15, 0.2) is 12.1 Å². The lowest BCUT2D eigenvalue weighted by atomic mass is 10.1. The number of unbranched alkanes of at least 4 members (excludes halogenated alkanes) is 4. The van der Waals surface area contributed by atoms with Crippen molar-refractivity contribution in [3.63, 3.8) is 0 Å². The van der Waals surface area contributed by atoms with E-state index >= 15 is 0 Å². The molecule has 7 heteroatoms. The number of rotatable bonds is 15. The van der Waals surface area contributed by atoms with E-state index in [1.807, 2.05) is 13.8 Å². The van der Waals surface area contributed by atoms with Crippen LogP contribution in [-0.4, -0.2) is 24.1 Å². The molecule has 1 rings (SSSR count). The molecule has 0 aliphatic rings. The fourth-order valence-electron chi connectivity index (χ4n) is 2.98. The molecule has 170 valence electrons. The number of carbonyl (C=O) groups excluding carboxylic acids is 1. The summed E-state index contributed by atoms with van der Waals surface area (Å²) >= 11 is 0. The van der Waals surface area contributed by atoms with Crippen molar-refractivity contribution in [2.75, 3.05) is 13.2 Å². The summed E-state index contributed by atoms with van der Waals surface area (Å²) in [5.74, 6) is 0.585. The van der Waals surface area contributed by atoms with Crippen LogP contribution in [0.1, 0.15) is 91.2 Å². The molecule has 1 aromatic rings. The van der Waals surface area contributed by atoms with Gasteiger partial charge in [0.2, 0.25) is 0 Å². The van der Waals surface area contributed by atoms with E-state index in [9.17, 15) is 14.9 Å². The van der Waals surface area contributed by atoms with E-state index in [4.69, 9.17) is 14.2 Å². The molecule has 0 heterocycles. The largest absolute Gasteiger partial charge is 0.490 e. The fraction of sp³-hybridized carbons (Fsp3) is 0.696. The summed E-state index contributed by atoms with van der Waals surface area (Å²) in [5, 5.41) is 11.7. The second kappa shape index (κ2) is 13.8. The monoisotopic (exact) mass is 423 g/mol. The lowest BCUT2D eigenvalue weighted by Gasteiger charge is -2.18. The van der Waals surface area contributed by atoms with Gasteiger partial charge in [0.1, 0.15) is 6.10 Å². The van der Waals surface area contributed by atoms with E-state index in [2.05, 4.69) is 13.8 Å². The molecule has 0 amide bonds. The summed E-state index contributed by atoms with van der Waals surface area (Å²) in [5.41, 5.74) is 0.176. The number of hydrogen-bond acceptors (Lipinski definition) is 6. The van der Waals surface area contributed by atoms with Gasteiger partial charge in [0.05, 0.1) is 29.8 Å². The number of carbonyl (C=O) groups is 1. The first-order chi connectivity index (χ1) is 14.3. The Morgan fingerprint density at radius 3 is 1.97 bits per heavy atom. The first-order valence-electron chi connectivity index (χ1n) is 11.1. The van der Waals surface area contributed by atoms with E-state index < -0.39 is 11.0 Å². The van der Waals surface area contributed by atoms with Crippen LogP contribution >= 0.6 is 0 Å². The molecular formula is C23H37NO6.